The molecule has 1 aliphatic carbocycles. The van der Waals surface area contributed by atoms with E-state index in [4.69, 9.17) is 0 Å². The van der Waals surface area contributed by atoms with E-state index in [1.54, 1.807) is 16.2 Å². The molecule has 0 N–H and O–H groups in total. The van der Waals surface area contributed by atoms with Gasteiger partial charge in [0.1, 0.15) is 0 Å². The molecule has 1 saturated carbocycles. The lowest BCUT2D eigenvalue weighted by Crippen LogP contribution is -2.47. The Morgan fingerprint density at radius 1 is 1.08 bits per heavy atom. The molecule has 10 heteroatoms. The van der Waals surface area contributed by atoms with E-state index >= 15 is 0 Å². The van der Waals surface area contributed by atoms with Crippen LogP contribution in [0.1, 0.15) is 46.0 Å². The van der Waals surface area contributed by atoms with Gasteiger partial charge in [0.15, 0.2) is 0 Å². The fraction of sp³-hybridized carbons (Fsp3) is 0.370. The number of rotatable bonds is 7. The van der Waals surface area contributed by atoms with E-state index in [1.807, 2.05) is 42.6 Å². The van der Waals surface area contributed by atoms with Gasteiger partial charge < -0.3 is 4.90 Å². The molecule has 1 aliphatic heterocycles. The molecule has 1 fully saturated rings. The van der Waals surface area contributed by atoms with Crippen LogP contribution >= 0.6 is 11.3 Å². The van der Waals surface area contributed by atoms with Crippen molar-refractivity contribution in [2.75, 3.05) is 19.6 Å². The summed E-state index contributed by atoms with van der Waals surface area (Å²) in [6, 6.07) is 13.2. The monoisotopic (exact) mass is 548 g/mol. The van der Waals surface area contributed by atoms with Crippen molar-refractivity contribution in [3.63, 3.8) is 0 Å². The number of carbonyl (C=O) groups is 1. The Balaban J connectivity index is 1.47. The van der Waals surface area contributed by atoms with Crippen molar-refractivity contribution in [3.05, 3.63) is 87.1 Å². The highest BCUT2D eigenvalue weighted by Crippen LogP contribution is 2.40. The van der Waals surface area contributed by atoms with Crippen LogP contribution in [-0.2, 0) is 27.4 Å². The number of benzene rings is 2. The summed E-state index contributed by atoms with van der Waals surface area (Å²) in [5.74, 6) is -0.258. The van der Waals surface area contributed by atoms with Crippen molar-refractivity contribution >= 4 is 27.3 Å². The average Bonchev–Trinajstić information content (AvgIpc) is 3.55. The second-order valence-corrected chi connectivity index (χ2v) is 12.6. The van der Waals surface area contributed by atoms with E-state index < -0.39 is 33.2 Å². The molecule has 3 aromatic rings. The quantitative estimate of drug-likeness (QED) is 0.384. The molecule has 0 spiro atoms. The number of hydrogen-bond acceptors (Lipinski definition) is 4. The van der Waals surface area contributed by atoms with Crippen LogP contribution in [0, 0.1) is 12.8 Å². The Hall–Kier alpha value is -2.69. The number of halogens is 3. The van der Waals surface area contributed by atoms with Gasteiger partial charge in [0, 0.05) is 18.0 Å². The summed E-state index contributed by atoms with van der Waals surface area (Å²) in [7, 11) is -4.32. The summed E-state index contributed by atoms with van der Waals surface area (Å²) in [6.07, 6.45) is -2.34. The van der Waals surface area contributed by atoms with E-state index in [2.05, 4.69) is 0 Å². The molecule has 2 heterocycles. The first-order chi connectivity index (χ1) is 17.6. The molecular formula is C27H27F3N2O3S2. The zero-order valence-corrected chi connectivity index (χ0v) is 21.9. The summed E-state index contributed by atoms with van der Waals surface area (Å²) in [5, 5.41) is 2.00. The van der Waals surface area contributed by atoms with Gasteiger partial charge in [-0.1, -0.05) is 30.3 Å². The Morgan fingerprint density at radius 3 is 2.54 bits per heavy atom. The van der Waals surface area contributed by atoms with Crippen LogP contribution < -0.4 is 0 Å². The molecule has 5 nitrogen and oxygen atoms in total. The third-order valence-electron chi connectivity index (χ3n) is 7.04. The lowest BCUT2D eigenvalue weighted by Gasteiger charge is -2.38. The zero-order valence-electron chi connectivity index (χ0n) is 20.2. The van der Waals surface area contributed by atoms with E-state index in [0.717, 1.165) is 52.0 Å². The van der Waals surface area contributed by atoms with Gasteiger partial charge in [-0.25, -0.2) is 8.42 Å². The normalized spacial score (nSPS) is 18.2. The molecule has 0 radical (unpaired) electrons. The third kappa shape index (κ3) is 5.32. The van der Waals surface area contributed by atoms with Crippen LogP contribution in [0.3, 0.4) is 0 Å². The molecule has 0 bridgehead atoms. The molecular weight excluding hydrogens is 521 g/mol. The van der Waals surface area contributed by atoms with Crippen LogP contribution in [0.5, 0.6) is 0 Å². The highest BCUT2D eigenvalue weighted by molar-refractivity contribution is 7.89. The van der Waals surface area contributed by atoms with Gasteiger partial charge in [-0.2, -0.15) is 17.5 Å². The molecule has 37 heavy (non-hydrogen) atoms. The third-order valence-corrected chi connectivity index (χ3v) is 9.84. The lowest BCUT2D eigenvalue weighted by molar-refractivity contribution is -0.137. The SMILES string of the molecule is Cc1ccccc1C1c2ccsc2CCN1C(=O)CN(CC1CC1)S(=O)(=O)c1cccc(C(F)(F)F)c1. The Labute approximate surface area is 218 Å². The number of carbonyl (C=O) groups excluding carboxylic acids is 1. The number of sulfonamides is 1. The van der Waals surface area contributed by atoms with Crippen LogP contribution in [0.4, 0.5) is 13.2 Å². The van der Waals surface area contributed by atoms with Gasteiger partial charge in [-0.15, -0.1) is 11.3 Å². The number of nitrogens with zero attached hydrogens (tertiary/aromatic N) is 2. The molecule has 1 unspecified atom stereocenters. The molecule has 0 saturated heterocycles. The first kappa shape index (κ1) is 25.9. The van der Waals surface area contributed by atoms with Gasteiger partial charge in [0.05, 0.1) is 23.0 Å². The van der Waals surface area contributed by atoms with Gasteiger partial charge in [-0.3, -0.25) is 4.79 Å². The standard InChI is InChI=1S/C27H27F3N2O3S2/c1-18-5-2-3-8-22(18)26-23-12-14-36-24(23)11-13-32(26)25(33)17-31(16-19-9-10-19)37(34,35)21-7-4-6-20(15-21)27(28,29)30/h2-8,12,14-15,19,26H,9-11,13,16-17H2,1H3. The first-order valence-electron chi connectivity index (χ1n) is 12.1. The smallest absolute Gasteiger partial charge is 0.330 e. The minimum absolute atomic E-state index is 0.102. The van der Waals surface area contributed by atoms with Gasteiger partial charge in [0.25, 0.3) is 0 Å². The Kier molecular flexibility index (Phi) is 6.93. The van der Waals surface area contributed by atoms with Crippen molar-refractivity contribution in [1.82, 2.24) is 9.21 Å². The summed E-state index contributed by atoms with van der Waals surface area (Å²) < 4.78 is 68.0. The summed E-state index contributed by atoms with van der Waals surface area (Å²) in [6.45, 7) is 2.11. The maximum atomic E-state index is 13.8. The minimum atomic E-state index is -4.67. The number of aryl methyl sites for hydroxylation is 1. The van der Waals surface area contributed by atoms with Gasteiger partial charge in [-0.05, 0) is 78.4 Å². The van der Waals surface area contributed by atoms with Crippen molar-refractivity contribution in [1.29, 1.82) is 0 Å². The second-order valence-electron chi connectivity index (χ2n) is 9.66. The highest BCUT2D eigenvalue weighted by atomic mass is 32.2. The average molecular weight is 549 g/mol. The molecule has 1 atom stereocenters. The predicted octanol–water partition coefficient (Wildman–Crippen LogP) is 5.65. The fourth-order valence-corrected chi connectivity index (χ4v) is 7.29. The lowest BCUT2D eigenvalue weighted by atomic mass is 9.90. The van der Waals surface area contributed by atoms with Gasteiger partial charge in [0.2, 0.25) is 15.9 Å². The predicted molar refractivity (Wildman–Crippen MR) is 136 cm³/mol. The number of thiophene rings is 1. The van der Waals surface area contributed by atoms with Crippen LogP contribution in [0.25, 0.3) is 0 Å². The van der Waals surface area contributed by atoms with E-state index in [1.165, 1.54) is 4.88 Å². The van der Waals surface area contributed by atoms with E-state index in [9.17, 15) is 26.4 Å². The molecule has 2 aromatic carbocycles. The van der Waals surface area contributed by atoms with Gasteiger partial charge >= 0.3 is 6.18 Å². The Morgan fingerprint density at radius 2 is 1.84 bits per heavy atom. The topological polar surface area (TPSA) is 57.7 Å². The summed E-state index contributed by atoms with van der Waals surface area (Å²) in [5.41, 5.74) is 2.00. The largest absolute Gasteiger partial charge is 0.416 e. The van der Waals surface area contributed by atoms with Crippen molar-refractivity contribution in [3.8, 4) is 0 Å². The van der Waals surface area contributed by atoms with Crippen molar-refractivity contribution < 1.29 is 26.4 Å². The first-order valence-corrected chi connectivity index (χ1v) is 14.5. The minimum Gasteiger partial charge on any atom is -0.330 e. The number of hydrogen-bond donors (Lipinski definition) is 0. The number of alkyl halides is 3. The molecule has 5 rings (SSSR count). The van der Waals surface area contributed by atoms with Crippen LogP contribution in [0.15, 0.2) is 64.9 Å². The van der Waals surface area contributed by atoms with E-state index in [-0.39, 0.29) is 24.4 Å². The fourth-order valence-electron chi connectivity index (χ4n) is 4.87. The molecule has 196 valence electrons. The number of amides is 1. The maximum Gasteiger partial charge on any atom is 0.416 e. The van der Waals surface area contributed by atoms with Crippen molar-refractivity contribution in [2.45, 2.75) is 43.3 Å². The highest BCUT2D eigenvalue weighted by Gasteiger charge is 2.39. The summed E-state index contributed by atoms with van der Waals surface area (Å²) >= 11 is 1.64. The zero-order chi connectivity index (χ0) is 26.4. The molecule has 2 aliphatic rings. The van der Waals surface area contributed by atoms with Crippen LogP contribution in [-0.4, -0.2) is 43.2 Å². The Bertz CT molecular complexity index is 1410. The maximum absolute atomic E-state index is 13.8. The second kappa shape index (κ2) is 9.89. The van der Waals surface area contributed by atoms with Crippen molar-refractivity contribution in [2.24, 2.45) is 5.92 Å². The van der Waals surface area contributed by atoms with Crippen LogP contribution in [0.2, 0.25) is 0 Å². The number of fused-ring (bicyclic) bond motifs is 1. The molecule has 1 amide bonds. The van der Waals surface area contributed by atoms with E-state index in [0.29, 0.717) is 19.0 Å². The molecule has 1 aromatic heterocycles. The summed E-state index contributed by atoms with van der Waals surface area (Å²) in [4.78, 5) is 16.2.